The number of carbonyl (C=O) groups is 1. The zero-order valence-corrected chi connectivity index (χ0v) is 9.80. The Kier molecular flexibility index (Phi) is 3.73. The van der Waals surface area contributed by atoms with E-state index in [1.165, 1.54) is 12.1 Å². The van der Waals surface area contributed by atoms with E-state index in [-0.39, 0.29) is 5.69 Å². The third-order valence-corrected chi connectivity index (χ3v) is 2.91. The smallest absolute Gasteiger partial charge is 0.356 e. The van der Waals surface area contributed by atoms with Crippen molar-refractivity contribution in [3.63, 3.8) is 0 Å². The number of hydrogen-bond donors (Lipinski definition) is 3. The van der Waals surface area contributed by atoms with E-state index in [4.69, 9.17) is 9.84 Å². The number of anilines is 1. The maximum absolute atomic E-state index is 10.6. The first-order chi connectivity index (χ1) is 8.59. The maximum atomic E-state index is 10.6. The molecule has 0 saturated carbocycles. The molecule has 0 spiro atoms. The lowest BCUT2D eigenvalue weighted by molar-refractivity contribution is -0.0543. The molecule has 1 aromatic heterocycles. The lowest BCUT2D eigenvalue weighted by Crippen LogP contribution is -2.42. The highest BCUT2D eigenvalue weighted by Crippen LogP contribution is 2.20. The van der Waals surface area contributed by atoms with Crippen molar-refractivity contribution in [1.82, 2.24) is 10.2 Å². The number of aromatic nitrogens is 2. The van der Waals surface area contributed by atoms with Crippen LogP contribution in [0.25, 0.3) is 0 Å². The molecule has 3 N–H and O–H groups in total. The average Bonchev–Trinajstić information content (AvgIpc) is 2.38. The van der Waals surface area contributed by atoms with Gasteiger partial charge in [0.15, 0.2) is 5.69 Å². The highest BCUT2D eigenvalue weighted by molar-refractivity contribution is 5.85. The molecule has 0 unspecified atom stereocenters. The van der Waals surface area contributed by atoms with Crippen molar-refractivity contribution < 1.29 is 19.7 Å². The van der Waals surface area contributed by atoms with E-state index in [2.05, 4.69) is 15.5 Å². The highest BCUT2D eigenvalue weighted by Gasteiger charge is 2.29. The Balaban J connectivity index is 1.91. The summed E-state index contributed by atoms with van der Waals surface area (Å²) < 4.78 is 5.18. The first-order valence-corrected chi connectivity index (χ1v) is 5.70. The van der Waals surface area contributed by atoms with Crippen molar-refractivity contribution >= 4 is 11.8 Å². The predicted octanol–water partition coefficient (Wildman–Crippen LogP) is 0.128. The van der Waals surface area contributed by atoms with Crippen molar-refractivity contribution in [2.75, 3.05) is 25.1 Å². The van der Waals surface area contributed by atoms with Crippen LogP contribution >= 0.6 is 0 Å². The van der Waals surface area contributed by atoms with Crippen molar-refractivity contribution in [2.45, 2.75) is 18.4 Å². The molecular weight excluding hydrogens is 238 g/mol. The second-order valence-corrected chi connectivity index (χ2v) is 4.30. The van der Waals surface area contributed by atoms with Crippen LogP contribution in [-0.4, -0.2) is 51.7 Å². The topological polar surface area (TPSA) is 105 Å². The van der Waals surface area contributed by atoms with E-state index in [0.29, 0.717) is 38.4 Å². The molecular formula is C11H15N3O4. The van der Waals surface area contributed by atoms with Crippen LogP contribution in [0.1, 0.15) is 23.3 Å². The van der Waals surface area contributed by atoms with Crippen LogP contribution in [0.3, 0.4) is 0 Å². The number of aromatic carboxylic acids is 1. The largest absolute Gasteiger partial charge is 0.476 e. The molecule has 1 aliphatic rings. The highest BCUT2D eigenvalue weighted by atomic mass is 16.5. The summed E-state index contributed by atoms with van der Waals surface area (Å²) in [6.45, 7) is 1.43. The minimum atomic E-state index is -1.11. The van der Waals surface area contributed by atoms with Crippen molar-refractivity contribution in [3.05, 3.63) is 17.8 Å². The number of aliphatic hydroxyl groups is 1. The molecule has 0 amide bonds. The quantitative estimate of drug-likeness (QED) is 0.700. The van der Waals surface area contributed by atoms with Crippen molar-refractivity contribution in [3.8, 4) is 0 Å². The molecule has 7 nitrogen and oxygen atoms in total. The van der Waals surface area contributed by atoms with Crippen molar-refractivity contribution in [1.29, 1.82) is 0 Å². The van der Waals surface area contributed by atoms with Crippen LogP contribution in [0, 0.1) is 0 Å². The second-order valence-electron chi connectivity index (χ2n) is 4.30. The first-order valence-electron chi connectivity index (χ1n) is 5.70. The molecule has 2 heterocycles. The van der Waals surface area contributed by atoms with Crippen LogP contribution in [0.2, 0.25) is 0 Å². The first kappa shape index (κ1) is 12.7. The third kappa shape index (κ3) is 3.14. The Morgan fingerprint density at radius 2 is 2.11 bits per heavy atom. The Labute approximate surface area is 104 Å². The number of ether oxygens (including phenoxy) is 1. The van der Waals surface area contributed by atoms with Crippen LogP contribution in [0.15, 0.2) is 12.1 Å². The van der Waals surface area contributed by atoms with Gasteiger partial charge in [-0.05, 0) is 12.1 Å². The van der Waals surface area contributed by atoms with E-state index in [1.54, 1.807) is 0 Å². The summed E-state index contributed by atoms with van der Waals surface area (Å²) in [6, 6.07) is 2.89. The number of carboxylic acids is 1. The van der Waals surface area contributed by atoms with Crippen LogP contribution in [-0.2, 0) is 4.74 Å². The molecule has 0 aliphatic carbocycles. The van der Waals surface area contributed by atoms with Gasteiger partial charge in [0.05, 0.1) is 5.60 Å². The molecule has 1 saturated heterocycles. The number of nitrogens with zero attached hydrogens (tertiary/aromatic N) is 2. The summed E-state index contributed by atoms with van der Waals surface area (Å²) in [7, 11) is 0. The fourth-order valence-corrected chi connectivity index (χ4v) is 1.72. The molecule has 7 heteroatoms. The van der Waals surface area contributed by atoms with E-state index in [0.717, 1.165) is 0 Å². The van der Waals surface area contributed by atoms with Crippen LogP contribution < -0.4 is 5.32 Å². The summed E-state index contributed by atoms with van der Waals surface area (Å²) in [4.78, 5) is 10.6. The van der Waals surface area contributed by atoms with Gasteiger partial charge in [0.1, 0.15) is 5.82 Å². The van der Waals surface area contributed by atoms with Gasteiger partial charge in [0.2, 0.25) is 0 Å². The molecule has 2 rings (SSSR count). The summed E-state index contributed by atoms with van der Waals surface area (Å²) in [5.41, 5.74) is -0.906. The van der Waals surface area contributed by atoms with E-state index in [9.17, 15) is 9.90 Å². The van der Waals surface area contributed by atoms with Gasteiger partial charge < -0.3 is 20.3 Å². The fourth-order valence-electron chi connectivity index (χ4n) is 1.72. The minimum absolute atomic E-state index is 0.106. The van der Waals surface area contributed by atoms with Gasteiger partial charge in [-0.1, -0.05) is 0 Å². The Morgan fingerprint density at radius 3 is 2.67 bits per heavy atom. The zero-order chi connectivity index (χ0) is 13.0. The van der Waals surface area contributed by atoms with Gasteiger partial charge in [-0.15, -0.1) is 10.2 Å². The Hall–Kier alpha value is -1.73. The molecule has 1 fully saturated rings. The Morgan fingerprint density at radius 1 is 1.39 bits per heavy atom. The molecule has 1 aromatic rings. The standard InChI is InChI=1S/C11H15N3O4/c15-10(16)8-1-2-9(14-13-8)12-7-11(17)3-5-18-6-4-11/h1-2,17H,3-7H2,(H,12,14)(H,15,16). The predicted molar refractivity (Wildman–Crippen MR) is 62.5 cm³/mol. The van der Waals surface area contributed by atoms with Gasteiger partial charge >= 0.3 is 5.97 Å². The second kappa shape index (κ2) is 5.28. The lowest BCUT2D eigenvalue weighted by atomic mass is 9.94. The summed E-state index contributed by atoms with van der Waals surface area (Å²) in [5.74, 6) is -0.669. The van der Waals surface area contributed by atoms with Gasteiger partial charge in [0.25, 0.3) is 0 Å². The average molecular weight is 253 g/mol. The van der Waals surface area contributed by atoms with E-state index < -0.39 is 11.6 Å². The third-order valence-electron chi connectivity index (χ3n) is 2.91. The SMILES string of the molecule is O=C(O)c1ccc(NCC2(O)CCOCC2)nn1. The molecule has 98 valence electrons. The molecule has 1 aliphatic heterocycles. The summed E-state index contributed by atoms with van der Waals surface area (Å²) >= 11 is 0. The minimum Gasteiger partial charge on any atom is -0.476 e. The van der Waals surface area contributed by atoms with Crippen LogP contribution in [0.5, 0.6) is 0 Å². The number of hydrogen-bond acceptors (Lipinski definition) is 6. The molecule has 0 atom stereocenters. The van der Waals surface area contributed by atoms with E-state index >= 15 is 0 Å². The van der Waals surface area contributed by atoms with Gasteiger partial charge in [-0.3, -0.25) is 0 Å². The zero-order valence-electron chi connectivity index (χ0n) is 9.80. The number of rotatable bonds is 4. The van der Waals surface area contributed by atoms with E-state index in [1.807, 2.05) is 0 Å². The summed E-state index contributed by atoms with van der Waals surface area (Å²) in [6.07, 6.45) is 1.14. The maximum Gasteiger partial charge on any atom is 0.356 e. The van der Waals surface area contributed by atoms with Crippen molar-refractivity contribution in [2.24, 2.45) is 0 Å². The fraction of sp³-hybridized carbons (Fsp3) is 0.545. The molecule has 0 radical (unpaired) electrons. The van der Waals surface area contributed by atoms with Gasteiger partial charge in [-0.25, -0.2) is 4.79 Å². The summed E-state index contributed by atoms with van der Waals surface area (Å²) in [5, 5.41) is 29.1. The van der Waals surface area contributed by atoms with Crippen LogP contribution in [0.4, 0.5) is 5.82 Å². The van der Waals surface area contributed by atoms with Gasteiger partial charge in [-0.2, -0.15) is 0 Å². The van der Waals surface area contributed by atoms with Gasteiger partial charge in [0, 0.05) is 32.6 Å². The molecule has 18 heavy (non-hydrogen) atoms. The molecule has 0 aromatic carbocycles. The number of nitrogens with one attached hydrogen (secondary N) is 1. The molecule has 0 bridgehead atoms. The Bertz CT molecular complexity index is 415. The normalized spacial score (nSPS) is 18.3. The number of carboxylic acid groups (broad SMARTS) is 1. The monoisotopic (exact) mass is 253 g/mol. The lowest BCUT2D eigenvalue weighted by Gasteiger charge is -2.32.